The first kappa shape index (κ1) is 30.9. The minimum Gasteiger partial charge on any atom is -0.475 e. The SMILES string of the molecule is C[C@H]1C[C@@H](N2C(=N)N[C@](C)(c3cccc(-c4cn(Cc5cccnc5)nn4)c3Cl)CC2=O)CCO1.O=C(O)C(F)(F)F. The number of amides is 1. The van der Waals surface area contributed by atoms with Crippen LogP contribution in [-0.4, -0.2) is 72.7 Å². The summed E-state index contributed by atoms with van der Waals surface area (Å²) in [5.74, 6) is -2.74. The van der Waals surface area contributed by atoms with E-state index >= 15 is 0 Å². The summed E-state index contributed by atoms with van der Waals surface area (Å²) in [6, 6.07) is 9.50. The first-order chi connectivity index (χ1) is 19.8. The summed E-state index contributed by atoms with van der Waals surface area (Å²) < 4.78 is 39.1. The Balaban J connectivity index is 0.000000517. The van der Waals surface area contributed by atoms with Crippen molar-refractivity contribution in [2.24, 2.45) is 0 Å². The number of carbonyl (C=O) groups excluding carboxylic acids is 1. The first-order valence-corrected chi connectivity index (χ1v) is 13.3. The van der Waals surface area contributed by atoms with Gasteiger partial charge in [-0.25, -0.2) is 9.48 Å². The molecule has 1 aromatic carbocycles. The minimum absolute atomic E-state index is 0.0348. The molecule has 0 aliphatic carbocycles. The van der Waals surface area contributed by atoms with Gasteiger partial charge in [0, 0.05) is 30.6 Å². The average Bonchev–Trinajstić information content (AvgIpc) is 3.37. The highest BCUT2D eigenvalue weighted by Gasteiger charge is 2.44. The summed E-state index contributed by atoms with van der Waals surface area (Å²) in [7, 11) is 0. The third-order valence-corrected chi connectivity index (χ3v) is 7.36. The maximum Gasteiger partial charge on any atom is 0.490 e. The molecule has 0 saturated carbocycles. The van der Waals surface area contributed by atoms with Crippen LogP contribution < -0.4 is 5.32 Å². The molecular weight excluding hydrogens is 579 g/mol. The molecule has 11 nitrogen and oxygen atoms in total. The Morgan fingerprint density at radius 3 is 2.67 bits per heavy atom. The van der Waals surface area contributed by atoms with E-state index in [0.717, 1.165) is 29.5 Å². The van der Waals surface area contributed by atoms with E-state index in [4.69, 9.17) is 31.6 Å². The Morgan fingerprint density at radius 1 is 1.31 bits per heavy atom. The van der Waals surface area contributed by atoms with Crippen molar-refractivity contribution in [1.82, 2.24) is 30.2 Å². The number of nitrogens with one attached hydrogen (secondary N) is 2. The highest BCUT2D eigenvalue weighted by Crippen LogP contribution is 2.39. The van der Waals surface area contributed by atoms with Crippen LogP contribution in [0, 0.1) is 5.41 Å². The predicted molar refractivity (Wildman–Crippen MR) is 146 cm³/mol. The van der Waals surface area contributed by atoms with Gasteiger partial charge in [-0.2, -0.15) is 13.2 Å². The van der Waals surface area contributed by atoms with Gasteiger partial charge in [0.2, 0.25) is 5.91 Å². The molecule has 224 valence electrons. The summed E-state index contributed by atoms with van der Waals surface area (Å²) >= 11 is 6.90. The zero-order valence-electron chi connectivity index (χ0n) is 22.7. The molecule has 3 N–H and O–H groups in total. The summed E-state index contributed by atoms with van der Waals surface area (Å²) in [6.07, 6.45) is 1.99. The number of benzene rings is 1. The van der Waals surface area contributed by atoms with Crippen LogP contribution in [0.1, 0.15) is 44.2 Å². The number of carboxylic acids is 1. The standard InChI is InChI=1S/C25H28ClN7O2.C2HF3O2/c1-16-11-18(8-10-35-16)33-22(34)12-25(2,29-24(33)27)20-7-3-6-19(23(20)26)21-15-32(31-30-21)14-17-5-4-9-28-13-17;3-2(4,5)1(6)7/h3-7,9,13,15-16,18H,8,10-12,14H2,1-2H3,(H2,27,29);(H,6,7)/t16-,18-,25-;/m0./s1. The minimum atomic E-state index is -5.08. The number of ether oxygens (including phenoxy) is 1. The molecule has 3 atom stereocenters. The number of carboxylic acid groups (broad SMARTS) is 1. The van der Waals surface area contributed by atoms with Crippen molar-refractivity contribution in [1.29, 1.82) is 5.41 Å². The van der Waals surface area contributed by atoms with Gasteiger partial charge in [0.25, 0.3) is 0 Å². The number of hydrogen-bond acceptors (Lipinski definition) is 7. The van der Waals surface area contributed by atoms with E-state index in [1.165, 1.54) is 0 Å². The van der Waals surface area contributed by atoms with Crippen molar-refractivity contribution in [3.05, 3.63) is 65.1 Å². The van der Waals surface area contributed by atoms with Crippen LogP contribution in [0.3, 0.4) is 0 Å². The topological polar surface area (TPSA) is 146 Å². The van der Waals surface area contributed by atoms with E-state index in [-0.39, 0.29) is 30.4 Å². The maximum absolute atomic E-state index is 13.3. The van der Waals surface area contributed by atoms with E-state index in [0.29, 0.717) is 23.9 Å². The van der Waals surface area contributed by atoms with Gasteiger partial charge in [-0.3, -0.25) is 20.1 Å². The van der Waals surface area contributed by atoms with E-state index < -0.39 is 17.7 Å². The molecule has 4 heterocycles. The summed E-state index contributed by atoms with van der Waals surface area (Å²) in [5, 5.41) is 28.1. The lowest BCUT2D eigenvalue weighted by atomic mass is 9.84. The summed E-state index contributed by atoms with van der Waals surface area (Å²) in [5.41, 5.74) is 2.31. The molecule has 15 heteroatoms. The Bertz CT molecular complexity index is 1430. The zero-order valence-corrected chi connectivity index (χ0v) is 23.5. The van der Waals surface area contributed by atoms with E-state index in [9.17, 15) is 18.0 Å². The fourth-order valence-electron chi connectivity index (χ4n) is 4.97. The molecular formula is C27H29ClF3N7O4. The predicted octanol–water partition coefficient (Wildman–Crippen LogP) is 4.21. The van der Waals surface area contributed by atoms with E-state index in [1.54, 1.807) is 22.0 Å². The Hall–Kier alpha value is -4.04. The van der Waals surface area contributed by atoms with Crippen molar-refractivity contribution < 1.29 is 32.6 Å². The molecule has 2 aliphatic rings. The summed E-state index contributed by atoms with van der Waals surface area (Å²) in [6.45, 7) is 5.05. The fourth-order valence-corrected chi connectivity index (χ4v) is 5.40. The fraction of sp³-hybridized carbons (Fsp3) is 0.407. The number of guanidine groups is 1. The largest absolute Gasteiger partial charge is 0.490 e. The molecule has 0 radical (unpaired) electrons. The maximum atomic E-state index is 13.3. The summed E-state index contributed by atoms with van der Waals surface area (Å²) in [4.78, 5) is 27.9. The quantitative estimate of drug-likeness (QED) is 0.391. The second kappa shape index (κ2) is 12.4. The molecule has 2 saturated heterocycles. The molecule has 0 spiro atoms. The van der Waals surface area contributed by atoms with Crippen LogP contribution in [0.25, 0.3) is 11.3 Å². The highest BCUT2D eigenvalue weighted by molar-refractivity contribution is 6.34. The number of nitrogens with zero attached hydrogens (tertiary/aromatic N) is 5. The molecule has 1 amide bonds. The van der Waals surface area contributed by atoms with Gasteiger partial charge >= 0.3 is 12.1 Å². The number of pyridine rings is 1. The molecule has 2 aliphatic heterocycles. The Labute approximate surface area is 244 Å². The van der Waals surface area contributed by atoms with Gasteiger partial charge in [-0.1, -0.05) is 41.1 Å². The van der Waals surface area contributed by atoms with Gasteiger partial charge in [0.1, 0.15) is 5.69 Å². The number of rotatable bonds is 5. The lowest BCUT2D eigenvalue weighted by Crippen LogP contribution is -2.63. The van der Waals surface area contributed by atoms with Crippen LogP contribution in [0.15, 0.2) is 48.9 Å². The number of carbonyl (C=O) groups is 2. The van der Waals surface area contributed by atoms with Gasteiger partial charge in [0.15, 0.2) is 5.96 Å². The van der Waals surface area contributed by atoms with E-state index in [2.05, 4.69) is 20.6 Å². The van der Waals surface area contributed by atoms with Crippen LogP contribution in [0.5, 0.6) is 0 Å². The normalized spacial score (nSPS) is 22.7. The van der Waals surface area contributed by atoms with Crippen LogP contribution in [0.4, 0.5) is 13.2 Å². The Kier molecular flexibility index (Phi) is 9.16. The van der Waals surface area contributed by atoms with Gasteiger partial charge in [-0.05, 0) is 43.9 Å². The third-order valence-electron chi connectivity index (χ3n) is 6.95. The van der Waals surface area contributed by atoms with Crippen molar-refractivity contribution in [3.63, 3.8) is 0 Å². The lowest BCUT2D eigenvalue weighted by Gasteiger charge is -2.45. The van der Waals surface area contributed by atoms with Gasteiger partial charge in [0.05, 0.1) is 35.8 Å². The number of alkyl halides is 3. The molecule has 3 aromatic rings. The molecule has 42 heavy (non-hydrogen) atoms. The van der Waals surface area contributed by atoms with Crippen LogP contribution in [-0.2, 0) is 26.4 Å². The number of aliphatic carboxylic acids is 1. The van der Waals surface area contributed by atoms with Crippen molar-refractivity contribution in [2.45, 2.75) is 63.5 Å². The first-order valence-electron chi connectivity index (χ1n) is 13.0. The van der Waals surface area contributed by atoms with Crippen LogP contribution >= 0.6 is 11.6 Å². The monoisotopic (exact) mass is 607 g/mol. The second-order valence-electron chi connectivity index (χ2n) is 10.2. The zero-order chi connectivity index (χ0) is 30.7. The van der Waals surface area contributed by atoms with Gasteiger partial charge in [-0.15, -0.1) is 5.10 Å². The smallest absolute Gasteiger partial charge is 0.475 e. The molecule has 2 aromatic heterocycles. The van der Waals surface area contributed by atoms with Gasteiger partial charge < -0.3 is 15.2 Å². The van der Waals surface area contributed by atoms with Crippen LogP contribution in [0.2, 0.25) is 5.02 Å². The second-order valence-corrected chi connectivity index (χ2v) is 10.6. The average molecular weight is 608 g/mol. The molecule has 5 rings (SSSR count). The van der Waals surface area contributed by atoms with Crippen molar-refractivity contribution >= 4 is 29.4 Å². The third kappa shape index (κ3) is 7.05. The number of halogens is 4. The lowest BCUT2D eigenvalue weighted by molar-refractivity contribution is -0.192. The Morgan fingerprint density at radius 2 is 2.05 bits per heavy atom. The number of aromatic nitrogens is 4. The molecule has 0 unspecified atom stereocenters. The number of hydrogen-bond donors (Lipinski definition) is 3. The molecule has 0 bridgehead atoms. The van der Waals surface area contributed by atoms with Crippen molar-refractivity contribution in [2.75, 3.05) is 6.61 Å². The molecule has 2 fully saturated rings. The van der Waals surface area contributed by atoms with E-state index in [1.807, 2.05) is 50.4 Å². The van der Waals surface area contributed by atoms with Crippen molar-refractivity contribution in [3.8, 4) is 11.3 Å². The highest BCUT2D eigenvalue weighted by atomic mass is 35.5.